The van der Waals surface area contributed by atoms with Gasteiger partial charge in [0.1, 0.15) is 4.90 Å². The molecule has 1 heterocycles. The highest BCUT2D eigenvalue weighted by molar-refractivity contribution is 7.92. The lowest BCUT2D eigenvalue weighted by Gasteiger charge is -2.13. The summed E-state index contributed by atoms with van der Waals surface area (Å²) in [6, 6.07) is 25.1. The number of hydrogen-bond donors (Lipinski definition) is 3. The lowest BCUT2D eigenvalue weighted by atomic mass is 10.1. The minimum absolute atomic E-state index is 0.110. The van der Waals surface area contributed by atoms with Crippen molar-refractivity contribution in [3.63, 3.8) is 0 Å². The van der Waals surface area contributed by atoms with Gasteiger partial charge in [-0.3, -0.25) is 9.71 Å². The number of nitriles is 1. The zero-order valence-electron chi connectivity index (χ0n) is 18.3. The fourth-order valence-electron chi connectivity index (χ4n) is 3.56. The van der Waals surface area contributed by atoms with E-state index in [1.54, 1.807) is 42.5 Å². The number of fused-ring (bicyclic) bond motifs is 1. The first-order valence-electron chi connectivity index (χ1n) is 10.8. The third-order valence-electron chi connectivity index (χ3n) is 5.41. The van der Waals surface area contributed by atoms with Gasteiger partial charge in [-0.05, 0) is 60.5 Å². The third kappa shape index (κ3) is 5.77. The van der Waals surface area contributed by atoms with E-state index in [1.165, 1.54) is 6.20 Å². The molecule has 3 aromatic carbocycles. The van der Waals surface area contributed by atoms with Crippen LogP contribution in [0.3, 0.4) is 0 Å². The van der Waals surface area contributed by atoms with Crippen LogP contribution in [0, 0.1) is 11.3 Å². The molecule has 0 bridgehead atoms. The zero-order chi connectivity index (χ0) is 24.0. The van der Waals surface area contributed by atoms with Crippen molar-refractivity contribution >= 4 is 26.6 Å². The molecule has 4 rings (SSSR count). The minimum atomic E-state index is -3.75. The molecular weight excluding hydrogens is 448 g/mol. The molecule has 0 fully saturated rings. The highest BCUT2D eigenvalue weighted by atomic mass is 32.2. The Kier molecular flexibility index (Phi) is 7.18. The van der Waals surface area contributed by atoms with Crippen LogP contribution < -0.4 is 10.0 Å². The maximum Gasteiger partial charge on any atom is 0.263 e. The summed E-state index contributed by atoms with van der Waals surface area (Å²) in [7, 11) is -3.75. The van der Waals surface area contributed by atoms with Gasteiger partial charge in [0.25, 0.3) is 10.0 Å². The summed E-state index contributed by atoms with van der Waals surface area (Å²) in [5.41, 5.74) is 3.46. The lowest BCUT2D eigenvalue weighted by molar-refractivity contribution is 0.175. The molecule has 0 aliphatic carbocycles. The van der Waals surface area contributed by atoms with E-state index in [0.29, 0.717) is 36.3 Å². The van der Waals surface area contributed by atoms with Crippen LogP contribution in [0.5, 0.6) is 0 Å². The van der Waals surface area contributed by atoms with Crippen LogP contribution >= 0.6 is 0 Å². The fraction of sp³-hybridized carbons (Fsp3) is 0.154. The number of benzene rings is 3. The van der Waals surface area contributed by atoms with Crippen molar-refractivity contribution in [2.45, 2.75) is 17.4 Å². The molecular formula is C26H24N4O3S. The number of pyridine rings is 1. The Morgan fingerprint density at radius 2 is 1.79 bits per heavy atom. The first kappa shape index (κ1) is 23.4. The van der Waals surface area contributed by atoms with Gasteiger partial charge in [-0.2, -0.15) is 5.26 Å². The van der Waals surface area contributed by atoms with E-state index >= 15 is 0 Å². The van der Waals surface area contributed by atoms with Crippen LogP contribution in [0.4, 0.5) is 5.69 Å². The first-order chi connectivity index (χ1) is 16.4. The Balaban J connectivity index is 1.30. The smallest absolute Gasteiger partial charge is 0.263 e. The lowest BCUT2D eigenvalue weighted by Crippen LogP contribution is -2.23. The van der Waals surface area contributed by atoms with E-state index in [-0.39, 0.29) is 4.90 Å². The Bertz CT molecular complexity index is 1430. The van der Waals surface area contributed by atoms with Gasteiger partial charge in [0.15, 0.2) is 0 Å². The van der Waals surface area contributed by atoms with Gasteiger partial charge in [0.2, 0.25) is 0 Å². The molecule has 0 aliphatic rings. The monoisotopic (exact) mass is 472 g/mol. The second kappa shape index (κ2) is 10.4. The number of rotatable bonds is 9. The standard InChI is InChI=1S/C26H24N4O3S/c27-16-20-4-3-6-22(14-20)26(31)18-28-13-12-19-8-10-23(11-9-19)30-34(32,33)24-15-21-5-1-2-7-25(21)29-17-24/h1-11,14-15,17,26,28,30-31H,12-13,18H2/t26-/m0/s1. The van der Waals surface area contributed by atoms with Gasteiger partial charge < -0.3 is 10.4 Å². The second-order valence-corrected chi connectivity index (χ2v) is 9.56. The van der Waals surface area contributed by atoms with E-state index < -0.39 is 16.1 Å². The van der Waals surface area contributed by atoms with E-state index in [2.05, 4.69) is 21.1 Å². The number of aliphatic hydroxyl groups is 1. The molecule has 0 spiro atoms. The molecule has 1 aromatic heterocycles. The van der Waals surface area contributed by atoms with Crippen LogP contribution in [-0.2, 0) is 16.4 Å². The average molecular weight is 473 g/mol. The highest BCUT2D eigenvalue weighted by Crippen LogP contribution is 2.20. The normalized spacial score (nSPS) is 12.2. The molecule has 0 saturated carbocycles. The molecule has 0 amide bonds. The SMILES string of the molecule is N#Cc1cccc([C@@H](O)CNCCc2ccc(NS(=O)(=O)c3cnc4ccccc4c3)cc2)c1. The van der Waals surface area contributed by atoms with Crippen molar-refractivity contribution in [2.75, 3.05) is 17.8 Å². The number of para-hydroxylation sites is 1. The van der Waals surface area contributed by atoms with Crippen molar-refractivity contribution in [1.82, 2.24) is 10.3 Å². The Labute approximate surface area is 198 Å². The van der Waals surface area contributed by atoms with Crippen LogP contribution in [0.1, 0.15) is 22.8 Å². The van der Waals surface area contributed by atoms with Crippen molar-refractivity contribution in [1.29, 1.82) is 5.26 Å². The van der Waals surface area contributed by atoms with Gasteiger partial charge in [-0.1, -0.05) is 42.5 Å². The van der Waals surface area contributed by atoms with Crippen molar-refractivity contribution in [3.8, 4) is 6.07 Å². The largest absolute Gasteiger partial charge is 0.387 e. The number of anilines is 1. The van der Waals surface area contributed by atoms with E-state index in [9.17, 15) is 13.5 Å². The molecule has 4 aromatic rings. The van der Waals surface area contributed by atoms with E-state index in [1.807, 2.05) is 36.4 Å². The van der Waals surface area contributed by atoms with E-state index in [4.69, 9.17) is 5.26 Å². The molecule has 34 heavy (non-hydrogen) atoms. The Morgan fingerprint density at radius 3 is 2.59 bits per heavy atom. The fourth-order valence-corrected chi connectivity index (χ4v) is 4.59. The first-order valence-corrected chi connectivity index (χ1v) is 12.3. The summed E-state index contributed by atoms with van der Waals surface area (Å²) in [6.07, 6.45) is 1.37. The molecule has 0 saturated heterocycles. The van der Waals surface area contributed by atoms with Gasteiger partial charge in [0.05, 0.1) is 23.3 Å². The summed E-state index contributed by atoms with van der Waals surface area (Å²) in [6.45, 7) is 1.01. The second-order valence-electron chi connectivity index (χ2n) is 7.87. The molecule has 0 unspecified atom stereocenters. The number of sulfonamides is 1. The highest BCUT2D eigenvalue weighted by Gasteiger charge is 2.15. The number of hydrogen-bond acceptors (Lipinski definition) is 6. The number of nitrogens with zero attached hydrogens (tertiary/aromatic N) is 2. The predicted molar refractivity (Wildman–Crippen MR) is 132 cm³/mol. The van der Waals surface area contributed by atoms with Crippen molar-refractivity contribution in [2.24, 2.45) is 0 Å². The maximum atomic E-state index is 12.8. The number of nitrogens with one attached hydrogen (secondary N) is 2. The van der Waals surface area contributed by atoms with Crippen LogP contribution in [-0.4, -0.2) is 31.6 Å². The van der Waals surface area contributed by atoms with Gasteiger partial charge in [-0.15, -0.1) is 0 Å². The molecule has 1 atom stereocenters. The summed E-state index contributed by atoms with van der Waals surface area (Å²) < 4.78 is 28.1. The summed E-state index contributed by atoms with van der Waals surface area (Å²) in [4.78, 5) is 4.34. The summed E-state index contributed by atoms with van der Waals surface area (Å²) in [5, 5.41) is 23.2. The van der Waals surface area contributed by atoms with E-state index in [0.717, 1.165) is 16.5 Å². The van der Waals surface area contributed by atoms with Crippen LogP contribution in [0.2, 0.25) is 0 Å². The zero-order valence-corrected chi connectivity index (χ0v) is 19.2. The van der Waals surface area contributed by atoms with Crippen LogP contribution in [0.25, 0.3) is 10.9 Å². The minimum Gasteiger partial charge on any atom is -0.387 e. The quantitative estimate of drug-likeness (QED) is 0.320. The molecule has 0 radical (unpaired) electrons. The number of aromatic nitrogens is 1. The van der Waals surface area contributed by atoms with Crippen LogP contribution in [0.15, 0.2) is 90.0 Å². The molecule has 8 heteroatoms. The van der Waals surface area contributed by atoms with Gasteiger partial charge in [0, 0.05) is 23.8 Å². The maximum absolute atomic E-state index is 12.8. The average Bonchev–Trinajstić information content (AvgIpc) is 2.87. The third-order valence-corrected chi connectivity index (χ3v) is 6.76. The molecule has 0 aliphatic heterocycles. The Hall–Kier alpha value is -3.77. The molecule has 172 valence electrons. The molecule has 7 nitrogen and oxygen atoms in total. The number of aliphatic hydroxyl groups excluding tert-OH is 1. The molecule has 3 N–H and O–H groups in total. The predicted octanol–water partition coefficient (Wildman–Crippen LogP) is 3.77. The Morgan fingerprint density at radius 1 is 1.00 bits per heavy atom. The topological polar surface area (TPSA) is 115 Å². The van der Waals surface area contributed by atoms with Gasteiger partial charge >= 0.3 is 0 Å². The van der Waals surface area contributed by atoms with Crippen molar-refractivity contribution in [3.05, 3.63) is 102 Å². The van der Waals surface area contributed by atoms with Gasteiger partial charge in [-0.25, -0.2) is 8.42 Å². The van der Waals surface area contributed by atoms with Crippen molar-refractivity contribution < 1.29 is 13.5 Å². The summed E-state index contributed by atoms with van der Waals surface area (Å²) in [5.74, 6) is 0. The summed E-state index contributed by atoms with van der Waals surface area (Å²) >= 11 is 0.